The monoisotopic (exact) mass is 361 g/mol. The molecular formula is C18H23N3O3S. The van der Waals surface area contributed by atoms with Gasteiger partial charge in [-0.1, -0.05) is 37.5 Å². The highest BCUT2D eigenvalue weighted by atomic mass is 32.2. The van der Waals surface area contributed by atoms with E-state index in [1.807, 2.05) is 24.3 Å². The Hall–Kier alpha value is -2.15. The molecule has 1 aliphatic rings. The van der Waals surface area contributed by atoms with Gasteiger partial charge in [0.1, 0.15) is 11.6 Å². The van der Waals surface area contributed by atoms with Gasteiger partial charge in [-0.25, -0.2) is 8.42 Å². The number of aromatic nitrogens is 2. The van der Waals surface area contributed by atoms with Gasteiger partial charge in [0.25, 0.3) is 0 Å². The number of methoxy groups -OCH3 is 1. The summed E-state index contributed by atoms with van der Waals surface area (Å²) < 4.78 is 30.6. The maximum atomic E-state index is 12.6. The lowest BCUT2D eigenvalue weighted by Crippen LogP contribution is -2.25. The topological polar surface area (TPSA) is 81.2 Å². The number of nitrogens with one attached hydrogen (secondary N) is 1. The van der Waals surface area contributed by atoms with Crippen molar-refractivity contribution >= 4 is 15.7 Å². The van der Waals surface area contributed by atoms with Crippen LogP contribution in [0.5, 0.6) is 5.75 Å². The largest absolute Gasteiger partial charge is 0.496 e. The molecule has 0 atom stereocenters. The Morgan fingerprint density at radius 1 is 1.08 bits per heavy atom. The number of para-hydroxylation sites is 1. The molecule has 25 heavy (non-hydrogen) atoms. The quantitative estimate of drug-likeness (QED) is 0.851. The van der Waals surface area contributed by atoms with E-state index >= 15 is 0 Å². The average Bonchev–Trinajstić information content (AvgIpc) is 2.67. The van der Waals surface area contributed by atoms with Crippen LogP contribution in [0, 0.1) is 0 Å². The van der Waals surface area contributed by atoms with E-state index in [4.69, 9.17) is 4.74 Å². The zero-order valence-electron chi connectivity index (χ0n) is 14.3. The second kappa shape index (κ2) is 7.82. The van der Waals surface area contributed by atoms with Crippen molar-refractivity contribution in [1.29, 1.82) is 0 Å². The van der Waals surface area contributed by atoms with Crippen molar-refractivity contribution in [2.45, 2.75) is 48.9 Å². The molecule has 0 aliphatic heterocycles. The van der Waals surface area contributed by atoms with E-state index in [-0.39, 0.29) is 10.3 Å². The molecule has 1 saturated carbocycles. The number of ether oxygens (including phenoxy) is 1. The van der Waals surface area contributed by atoms with Crippen molar-refractivity contribution in [3.05, 3.63) is 42.0 Å². The lowest BCUT2D eigenvalue weighted by atomic mass is 10.0. The van der Waals surface area contributed by atoms with Crippen LogP contribution in [0.4, 0.5) is 5.82 Å². The molecule has 1 aliphatic carbocycles. The summed E-state index contributed by atoms with van der Waals surface area (Å²) in [6.07, 6.45) is 4.49. The zero-order chi connectivity index (χ0) is 17.7. The first-order valence-electron chi connectivity index (χ1n) is 8.54. The number of sulfone groups is 1. The average molecular weight is 361 g/mol. The van der Waals surface area contributed by atoms with Crippen LogP contribution in [-0.2, 0) is 16.4 Å². The van der Waals surface area contributed by atoms with E-state index in [0.29, 0.717) is 12.4 Å². The van der Waals surface area contributed by atoms with Crippen molar-refractivity contribution < 1.29 is 13.2 Å². The molecule has 3 rings (SSSR count). The van der Waals surface area contributed by atoms with Crippen molar-refractivity contribution in [3.63, 3.8) is 0 Å². The Labute approximate surface area is 148 Å². The van der Waals surface area contributed by atoms with Crippen molar-refractivity contribution in [2.24, 2.45) is 0 Å². The van der Waals surface area contributed by atoms with Crippen molar-refractivity contribution in [3.8, 4) is 5.75 Å². The van der Waals surface area contributed by atoms with Crippen molar-refractivity contribution in [1.82, 2.24) is 10.2 Å². The highest BCUT2D eigenvalue weighted by Gasteiger charge is 2.30. The van der Waals surface area contributed by atoms with Gasteiger partial charge >= 0.3 is 0 Å². The number of anilines is 1. The molecule has 0 spiro atoms. The maximum absolute atomic E-state index is 12.6. The van der Waals surface area contributed by atoms with Crippen molar-refractivity contribution in [2.75, 3.05) is 12.4 Å². The SMILES string of the molecule is COc1ccccc1CNc1ccc(S(=O)(=O)C2CCCCC2)nn1. The fourth-order valence-corrected chi connectivity index (χ4v) is 4.85. The summed E-state index contributed by atoms with van der Waals surface area (Å²) in [6, 6.07) is 10.9. The third-order valence-electron chi connectivity index (χ3n) is 4.58. The Morgan fingerprint density at radius 2 is 1.84 bits per heavy atom. The second-order valence-corrected chi connectivity index (χ2v) is 8.40. The molecule has 1 N–H and O–H groups in total. The van der Waals surface area contributed by atoms with E-state index in [0.717, 1.165) is 43.4 Å². The van der Waals surface area contributed by atoms with Crippen LogP contribution < -0.4 is 10.1 Å². The normalized spacial score (nSPS) is 15.7. The number of hydrogen-bond acceptors (Lipinski definition) is 6. The first kappa shape index (κ1) is 17.7. The van der Waals surface area contributed by atoms with E-state index in [1.54, 1.807) is 19.2 Å². The summed E-state index contributed by atoms with van der Waals surface area (Å²) in [4.78, 5) is 0. The van der Waals surface area contributed by atoms with Crippen LogP contribution >= 0.6 is 0 Å². The molecule has 7 heteroatoms. The summed E-state index contributed by atoms with van der Waals surface area (Å²) in [6.45, 7) is 0.521. The Balaban J connectivity index is 1.68. The highest BCUT2D eigenvalue weighted by Crippen LogP contribution is 2.27. The molecule has 1 aromatic carbocycles. The molecule has 1 aromatic heterocycles. The lowest BCUT2D eigenvalue weighted by molar-refractivity contribution is 0.410. The minimum Gasteiger partial charge on any atom is -0.496 e. The zero-order valence-corrected chi connectivity index (χ0v) is 15.1. The third kappa shape index (κ3) is 4.10. The first-order chi connectivity index (χ1) is 12.1. The third-order valence-corrected chi connectivity index (χ3v) is 6.72. The van der Waals surface area contributed by atoms with Gasteiger partial charge in [-0.2, -0.15) is 0 Å². The van der Waals surface area contributed by atoms with Crippen LogP contribution in [0.25, 0.3) is 0 Å². The number of benzene rings is 1. The lowest BCUT2D eigenvalue weighted by Gasteiger charge is -2.21. The molecule has 2 aromatic rings. The summed E-state index contributed by atoms with van der Waals surface area (Å²) in [5.74, 6) is 1.33. The molecule has 0 radical (unpaired) electrons. The summed E-state index contributed by atoms with van der Waals surface area (Å²) in [5, 5.41) is 10.9. The summed E-state index contributed by atoms with van der Waals surface area (Å²) >= 11 is 0. The molecular weight excluding hydrogens is 338 g/mol. The summed E-state index contributed by atoms with van der Waals surface area (Å²) in [7, 11) is -1.75. The highest BCUT2D eigenvalue weighted by molar-refractivity contribution is 7.92. The minimum atomic E-state index is -3.38. The number of nitrogens with zero attached hydrogens (tertiary/aromatic N) is 2. The predicted octanol–water partition coefficient (Wildman–Crippen LogP) is 3.20. The van der Waals surface area contributed by atoms with Crippen LogP contribution in [0.3, 0.4) is 0 Å². The molecule has 0 amide bonds. The van der Waals surface area contributed by atoms with Gasteiger partial charge in [-0.3, -0.25) is 0 Å². The van der Waals surface area contributed by atoms with E-state index < -0.39 is 9.84 Å². The van der Waals surface area contributed by atoms with E-state index in [2.05, 4.69) is 15.5 Å². The fourth-order valence-electron chi connectivity index (χ4n) is 3.15. The van der Waals surface area contributed by atoms with Crippen LogP contribution in [0.1, 0.15) is 37.7 Å². The minimum absolute atomic E-state index is 0.0715. The van der Waals surface area contributed by atoms with Gasteiger partial charge in [-0.15, -0.1) is 10.2 Å². The van der Waals surface area contributed by atoms with Crippen LogP contribution in [0.2, 0.25) is 0 Å². The van der Waals surface area contributed by atoms with Gasteiger partial charge in [0.15, 0.2) is 14.9 Å². The maximum Gasteiger partial charge on any atom is 0.200 e. The molecule has 6 nitrogen and oxygen atoms in total. The first-order valence-corrected chi connectivity index (χ1v) is 10.1. The molecule has 1 fully saturated rings. The Bertz CT molecular complexity index is 801. The predicted molar refractivity (Wildman–Crippen MR) is 96.4 cm³/mol. The van der Waals surface area contributed by atoms with Gasteiger partial charge in [0.2, 0.25) is 0 Å². The van der Waals surface area contributed by atoms with E-state index in [1.165, 1.54) is 0 Å². The van der Waals surface area contributed by atoms with Gasteiger partial charge < -0.3 is 10.1 Å². The smallest absolute Gasteiger partial charge is 0.200 e. The number of rotatable bonds is 6. The summed E-state index contributed by atoms with van der Waals surface area (Å²) in [5.41, 5.74) is 0.991. The fraction of sp³-hybridized carbons (Fsp3) is 0.444. The van der Waals surface area contributed by atoms with Gasteiger partial charge in [0, 0.05) is 12.1 Å². The molecule has 134 valence electrons. The molecule has 0 bridgehead atoms. The van der Waals surface area contributed by atoms with Crippen LogP contribution in [0.15, 0.2) is 41.4 Å². The molecule has 1 heterocycles. The van der Waals surface area contributed by atoms with Crippen LogP contribution in [-0.4, -0.2) is 31.0 Å². The second-order valence-electron chi connectivity index (χ2n) is 6.23. The molecule has 0 unspecified atom stereocenters. The Morgan fingerprint density at radius 3 is 2.52 bits per heavy atom. The Kier molecular flexibility index (Phi) is 5.53. The molecule has 0 saturated heterocycles. The van der Waals surface area contributed by atoms with Gasteiger partial charge in [-0.05, 0) is 31.0 Å². The standard InChI is InChI=1S/C18H23N3O3S/c1-24-16-10-6-5-7-14(16)13-19-17-11-12-18(21-20-17)25(22,23)15-8-3-2-4-9-15/h5-7,10-12,15H,2-4,8-9,13H2,1H3,(H,19,20). The van der Waals surface area contributed by atoms with E-state index in [9.17, 15) is 8.42 Å². The van der Waals surface area contributed by atoms with Gasteiger partial charge in [0.05, 0.1) is 12.4 Å². The number of hydrogen-bond donors (Lipinski definition) is 1.